The smallest absolute Gasteiger partial charge is 0.416 e. The molecule has 2 aliphatic heterocycles. The Balaban J connectivity index is 1.54. The summed E-state index contributed by atoms with van der Waals surface area (Å²) in [5.74, 6) is -7.58. The van der Waals surface area contributed by atoms with Gasteiger partial charge in [-0.25, -0.2) is 22.6 Å². The van der Waals surface area contributed by atoms with Gasteiger partial charge in [0.25, 0.3) is 0 Å². The lowest BCUT2D eigenvalue weighted by atomic mass is 9.88. The second-order valence-corrected chi connectivity index (χ2v) is 9.33. The lowest BCUT2D eigenvalue weighted by molar-refractivity contribution is -0.337. The fourth-order valence-corrected chi connectivity index (χ4v) is 4.87. The van der Waals surface area contributed by atoms with Crippen LogP contribution < -0.4 is 0 Å². The summed E-state index contributed by atoms with van der Waals surface area (Å²) in [5, 5.41) is 28.7. The van der Waals surface area contributed by atoms with Crippen molar-refractivity contribution in [2.75, 3.05) is 13.2 Å². The van der Waals surface area contributed by atoms with Gasteiger partial charge in [0.2, 0.25) is 5.79 Å². The van der Waals surface area contributed by atoms with Gasteiger partial charge in [-0.2, -0.15) is 13.2 Å². The quantitative estimate of drug-likeness (QED) is 0.271. The standard InChI is InChI=1S/C25H21F6N3O6/c26-15-8-13(9-16(27)19(15)28)17-10-34(33-32-17)20-21(36)18(11-35)40-24(5-2-6-38-24)22(20)39-23(37)12-3-1-4-14(7-12)25(29,30)31/h1,3-4,7-10,18,20-22,35-36H,2,5-6,11H2/t18?,20?,21?,22-,24?/m1/s1. The van der Waals surface area contributed by atoms with Gasteiger partial charge in [-0.05, 0) is 36.8 Å². The average Bonchev–Trinajstić information content (AvgIpc) is 3.59. The summed E-state index contributed by atoms with van der Waals surface area (Å²) in [5.41, 5.74) is -1.89. The van der Waals surface area contributed by atoms with E-state index in [0.717, 1.165) is 29.1 Å². The number of aliphatic hydroxyl groups excluding tert-OH is 2. The molecule has 1 spiro atoms. The Labute approximate surface area is 221 Å². The number of alkyl halides is 3. The molecule has 1 aromatic heterocycles. The molecule has 5 rings (SSSR count). The number of carbonyl (C=O) groups is 1. The van der Waals surface area contributed by atoms with Crippen molar-refractivity contribution < 1.29 is 55.6 Å². The minimum Gasteiger partial charge on any atom is -0.451 e. The molecule has 3 heterocycles. The summed E-state index contributed by atoms with van der Waals surface area (Å²) < 4.78 is 99.0. The highest BCUT2D eigenvalue weighted by Gasteiger charge is 2.60. The Bertz CT molecular complexity index is 1390. The molecule has 2 N–H and O–H groups in total. The molecule has 0 radical (unpaired) electrons. The fourth-order valence-electron chi connectivity index (χ4n) is 4.87. The number of hydrogen-bond donors (Lipinski definition) is 2. The number of rotatable bonds is 5. The summed E-state index contributed by atoms with van der Waals surface area (Å²) >= 11 is 0. The van der Waals surface area contributed by atoms with Gasteiger partial charge in [-0.15, -0.1) is 5.10 Å². The van der Waals surface area contributed by atoms with Crippen molar-refractivity contribution in [2.45, 2.75) is 49.2 Å². The van der Waals surface area contributed by atoms with Crippen LogP contribution >= 0.6 is 0 Å². The molecule has 0 amide bonds. The van der Waals surface area contributed by atoms with Crippen molar-refractivity contribution in [3.8, 4) is 11.3 Å². The van der Waals surface area contributed by atoms with E-state index in [9.17, 15) is 41.4 Å². The summed E-state index contributed by atoms with van der Waals surface area (Å²) in [7, 11) is 0. The number of benzene rings is 2. The second-order valence-electron chi connectivity index (χ2n) is 9.33. The number of aliphatic hydroxyl groups is 2. The van der Waals surface area contributed by atoms with Gasteiger partial charge < -0.3 is 24.4 Å². The van der Waals surface area contributed by atoms with Gasteiger partial charge in [0, 0.05) is 12.0 Å². The van der Waals surface area contributed by atoms with E-state index in [1.54, 1.807) is 0 Å². The van der Waals surface area contributed by atoms with E-state index < -0.39 is 77.5 Å². The number of nitrogens with zero attached hydrogens (tertiary/aromatic N) is 3. The molecule has 2 fully saturated rings. The average molecular weight is 573 g/mol. The molecular formula is C25H21F6N3O6. The summed E-state index contributed by atoms with van der Waals surface area (Å²) in [6.07, 6.45) is -7.52. The lowest BCUT2D eigenvalue weighted by Crippen LogP contribution is -2.63. The van der Waals surface area contributed by atoms with Crippen LogP contribution in [-0.4, -0.2) is 68.5 Å². The molecule has 4 unspecified atom stereocenters. The Hall–Kier alpha value is -3.53. The molecule has 15 heteroatoms. The molecule has 2 saturated heterocycles. The maximum absolute atomic E-state index is 13.8. The lowest BCUT2D eigenvalue weighted by Gasteiger charge is -2.48. The first-order chi connectivity index (χ1) is 18.9. The van der Waals surface area contributed by atoms with Crippen molar-refractivity contribution in [3.63, 3.8) is 0 Å². The number of ether oxygens (including phenoxy) is 3. The first kappa shape index (κ1) is 28.0. The zero-order chi connectivity index (χ0) is 28.8. The first-order valence-electron chi connectivity index (χ1n) is 12.0. The summed E-state index contributed by atoms with van der Waals surface area (Å²) in [6.45, 7) is -0.567. The molecule has 40 heavy (non-hydrogen) atoms. The van der Waals surface area contributed by atoms with Crippen LogP contribution in [0.5, 0.6) is 0 Å². The minimum absolute atomic E-state index is 0.114. The Morgan fingerprint density at radius 2 is 1.90 bits per heavy atom. The van der Waals surface area contributed by atoms with Crippen LogP contribution in [0.3, 0.4) is 0 Å². The van der Waals surface area contributed by atoms with E-state index in [4.69, 9.17) is 14.2 Å². The van der Waals surface area contributed by atoms with Crippen LogP contribution in [0.4, 0.5) is 26.3 Å². The Morgan fingerprint density at radius 1 is 1.18 bits per heavy atom. The van der Waals surface area contributed by atoms with Crippen LogP contribution in [-0.2, 0) is 20.4 Å². The van der Waals surface area contributed by atoms with E-state index in [-0.39, 0.29) is 24.3 Å². The maximum atomic E-state index is 13.8. The van der Waals surface area contributed by atoms with Crippen molar-refractivity contribution in [1.82, 2.24) is 15.0 Å². The molecule has 0 aliphatic carbocycles. The third-order valence-corrected chi connectivity index (χ3v) is 6.78. The van der Waals surface area contributed by atoms with E-state index in [1.807, 2.05) is 0 Å². The van der Waals surface area contributed by atoms with Crippen LogP contribution in [0, 0.1) is 17.5 Å². The van der Waals surface area contributed by atoms with Gasteiger partial charge in [-0.3, -0.25) is 0 Å². The molecule has 2 aliphatic rings. The highest BCUT2D eigenvalue weighted by atomic mass is 19.4. The number of aromatic nitrogens is 3. The summed E-state index contributed by atoms with van der Waals surface area (Å²) in [4.78, 5) is 13.1. The van der Waals surface area contributed by atoms with Crippen molar-refractivity contribution in [3.05, 3.63) is 71.2 Å². The Morgan fingerprint density at radius 3 is 2.52 bits per heavy atom. The molecular weight excluding hydrogens is 552 g/mol. The molecule has 0 bridgehead atoms. The SMILES string of the molecule is O=C(O[C@@H]1C(n2cc(-c3cc(F)c(F)c(F)c3)nn2)C(O)C(CO)OC12CCCO2)c1cccc(C(F)(F)F)c1. The van der Waals surface area contributed by atoms with Gasteiger partial charge in [0.15, 0.2) is 23.6 Å². The number of esters is 1. The highest BCUT2D eigenvalue weighted by Crippen LogP contribution is 2.45. The van der Waals surface area contributed by atoms with Gasteiger partial charge in [0.1, 0.15) is 23.9 Å². The highest BCUT2D eigenvalue weighted by molar-refractivity contribution is 5.89. The topological polar surface area (TPSA) is 116 Å². The largest absolute Gasteiger partial charge is 0.451 e. The third kappa shape index (κ3) is 5.05. The molecule has 0 saturated carbocycles. The Kier molecular flexibility index (Phi) is 7.33. The van der Waals surface area contributed by atoms with E-state index >= 15 is 0 Å². The van der Waals surface area contributed by atoms with Gasteiger partial charge >= 0.3 is 12.1 Å². The van der Waals surface area contributed by atoms with Crippen molar-refractivity contribution >= 4 is 5.97 Å². The van der Waals surface area contributed by atoms with Gasteiger partial charge in [-0.1, -0.05) is 11.3 Å². The second kappa shape index (κ2) is 10.5. The monoisotopic (exact) mass is 573 g/mol. The first-order valence-corrected chi connectivity index (χ1v) is 12.0. The summed E-state index contributed by atoms with van der Waals surface area (Å²) in [6, 6.07) is 3.47. The number of carbonyl (C=O) groups excluding carboxylic acids is 1. The number of hydrogen-bond acceptors (Lipinski definition) is 8. The zero-order valence-electron chi connectivity index (χ0n) is 20.3. The fraction of sp³-hybridized carbons (Fsp3) is 0.400. The molecule has 9 nitrogen and oxygen atoms in total. The van der Waals surface area contributed by atoms with Crippen LogP contribution in [0.15, 0.2) is 42.6 Å². The van der Waals surface area contributed by atoms with Crippen molar-refractivity contribution in [2.24, 2.45) is 0 Å². The zero-order valence-corrected chi connectivity index (χ0v) is 20.3. The maximum Gasteiger partial charge on any atom is 0.416 e. The molecule has 214 valence electrons. The molecule has 3 aromatic rings. The number of halogens is 6. The van der Waals surface area contributed by atoms with Crippen LogP contribution in [0.2, 0.25) is 0 Å². The molecule has 2 aromatic carbocycles. The molecule has 5 atom stereocenters. The normalized spacial score (nSPS) is 26.8. The van der Waals surface area contributed by atoms with Gasteiger partial charge in [0.05, 0.1) is 30.5 Å². The van der Waals surface area contributed by atoms with Crippen molar-refractivity contribution in [1.29, 1.82) is 0 Å². The van der Waals surface area contributed by atoms with E-state index in [2.05, 4.69) is 10.3 Å². The van der Waals surface area contributed by atoms with Crippen LogP contribution in [0.25, 0.3) is 11.3 Å². The minimum atomic E-state index is -4.73. The van der Waals surface area contributed by atoms with E-state index in [0.29, 0.717) is 24.6 Å². The van der Waals surface area contributed by atoms with E-state index in [1.165, 1.54) is 0 Å². The predicted octanol–water partition coefficient (Wildman–Crippen LogP) is 3.41. The van der Waals surface area contributed by atoms with Crippen LogP contribution in [0.1, 0.15) is 34.8 Å². The third-order valence-electron chi connectivity index (χ3n) is 6.78. The predicted molar refractivity (Wildman–Crippen MR) is 121 cm³/mol.